The Kier molecular flexibility index (Phi) is 5.97. The number of fused-ring (bicyclic) bond motifs is 1. The van der Waals surface area contributed by atoms with Crippen molar-refractivity contribution in [3.63, 3.8) is 0 Å². The molecule has 1 saturated carbocycles. The molecule has 1 amide bonds. The van der Waals surface area contributed by atoms with E-state index in [0.717, 1.165) is 12.0 Å². The number of nitrogens with zero attached hydrogens (tertiary/aromatic N) is 1. The van der Waals surface area contributed by atoms with Gasteiger partial charge < -0.3 is 15.0 Å². The molecule has 4 unspecified atom stereocenters. The van der Waals surface area contributed by atoms with Crippen LogP contribution in [0.2, 0.25) is 0 Å². The van der Waals surface area contributed by atoms with Crippen LogP contribution in [0.15, 0.2) is 24.3 Å². The van der Waals surface area contributed by atoms with Crippen molar-refractivity contribution in [2.75, 3.05) is 19.7 Å². The van der Waals surface area contributed by atoms with Crippen LogP contribution in [0.5, 0.6) is 0 Å². The number of benzene rings is 1. The molecule has 0 spiro atoms. The third-order valence-electron chi connectivity index (χ3n) is 5.76. The summed E-state index contributed by atoms with van der Waals surface area (Å²) in [5.74, 6) is 0.586. The molecular weight excluding hydrogens is 343 g/mol. The van der Waals surface area contributed by atoms with Crippen LogP contribution >= 0.6 is 12.4 Å². The topological polar surface area (TPSA) is 41.6 Å². The molecule has 4 rings (SSSR count). The molecule has 2 saturated heterocycles. The quantitative estimate of drug-likeness (QED) is 0.872. The second-order valence-electron chi connectivity index (χ2n) is 7.30. The molecule has 1 N–H and O–H groups in total. The zero-order valence-electron chi connectivity index (χ0n) is 14.3. The molecule has 3 aliphatic rings. The highest BCUT2D eigenvalue weighted by Gasteiger charge is 2.40. The first kappa shape index (κ1) is 18.6. The van der Waals surface area contributed by atoms with Crippen LogP contribution in [0.25, 0.3) is 0 Å². The van der Waals surface area contributed by atoms with E-state index in [-0.39, 0.29) is 36.3 Å². The number of amides is 1. The van der Waals surface area contributed by atoms with Crippen LogP contribution in [0.4, 0.5) is 4.39 Å². The summed E-state index contributed by atoms with van der Waals surface area (Å²) >= 11 is 0. The maximum absolute atomic E-state index is 13.4. The number of carbonyl (C=O) groups excluding carboxylic acids is 1. The standard InChI is InChI=1S/C19H25FN2O2.ClH/c20-15-6-3-5-14(10-15)18-12-22(8-9-24-18)19(23)17-11-13-4-1-2-7-16(13)21-17;/h3,5-6,10,13,16-18,21H,1-2,4,7-9,11-12H2;1H. The van der Waals surface area contributed by atoms with Gasteiger partial charge in [0.2, 0.25) is 5.91 Å². The number of halogens is 2. The summed E-state index contributed by atoms with van der Waals surface area (Å²) in [6.07, 6.45) is 5.74. The van der Waals surface area contributed by atoms with Crippen LogP contribution in [-0.2, 0) is 9.53 Å². The van der Waals surface area contributed by atoms with E-state index in [1.807, 2.05) is 11.0 Å². The number of nitrogens with one attached hydrogen (secondary N) is 1. The van der Waals surface area contributed by atoms with Gasteiger partial charge in [-0.2, -0.15) is 0 Å². The third-order valence-corrected chi connectivity index (χ3v) is 5.76. The Bertz CT molecular complexity index is 601. The SMILES string of the molecule is Cl.O=C(C1CC2CCCCC2N1)N1CCOC(c2cccc(F)c2)C1. The van der Waals surface area contributed by atoms with Crippen molar-refractivity contribution in [2.24, 2.45) is 5.92 Å². The minimum absolute atomic E-state index is 0. The van der Waals surface area contributed by atoms with Gasteiger partial charge in [0, 0.05) is 12.6 Å². The van der Waals surface area contributed by atoms with E-state index in [0.29, 0.717) is 31.7 Å². The van der Waals surface area contributed by atoms with Gasteiger partial charge in [-0.1, -0.05) is 25.0 Å². The second-order valence-corrected chi connectivity index (χ2v) is 7.30. The number of rotatable bonds is 2. The monoisotopic (exact) mass is 368 g/mol. The number of hydrogen-bond donors (Lipinski definition) is 1. The molecule has 2 aliphatic heterocycles. The molecule has 2 heterocycles. The predicted octanol–water partition coefficient (Wildman–Crippen LogP) is 3.07. The van der Waals surface area contributed by atoms with Crippen LogP contribution in [-0.4, -0.2) is 42.6 Å². The Balaban J connectivity index is 0.00000182. The summed E-state index contributed by atoms with van der Waals surface area (Å²) in [5, 5.41) is 3.56. The number of carbonyl (C=O) groups is 1. The zero-order chi connectivity index (χ0) is 16.5. The molecule has 0 bridgehead atoms. The van der Waals surface area contributed by atoms with Crippen molar-refractivity contribution in [1.82, 2.24) is 10.2 Å². The number of ether oxygens (including phenoxy) is 1. The van der Waals surface area contributed by atoms with Crippen molar-refractivity contribution < 1.29 is 13.9 Å². The van der Waals surface area contributed by atoms with Gasteiger partial charge in [0.15, 0.2) is 0 Å². The highest BCUT2D eigenvalue weighted by atomic mass is 35.5. The van der Waals surface area contributed by atoms with Gasteiger partial charge in [-0.25, -0.2) is 4.39 Å². The lowest BCUT2D eigenvalue weighted by molar-refractivity contribution is -0.141. The Morgan fingerprint density at radius 3 is 2.92 bits per heavy atom. The van der Waals surface area contributed by atoms with E-state index in [9.17, 15) is 9.18 Å². The molecule has 1 aliphatic carbocycles. The first-order valence-electron chi connectivity index (χ1n) is 9.12. The summed E-state index contributed by atoms with van der Waals surface area (Å²) in [6.45, 7) is 1.64. The summed E-state index contributed by atoms with van der Waals surface area (Å²) < 4.78 is 19.2. The Hall–Kier alpha value is -1.17. The highest BCUT2D eigenvalue weighted by Crippen LogP contribution is 2.34. The van der Waals surface area contributed by atoms with E-state index in [1.165, 1.54) is 37.8 Å². The van der Waals surface area contributed by atoms with Gasteiger partial charge in [-0.3, -0.25) is 4.79 Å². The van der Waals surface area contributed by atoms with Crippen molar-refractivity contribution >= 4 is 18.3 Å². The average Bonchev–Trinajstić information content (AvgIpc) is 3.05. The van der Waals surface area contributed by atoms with Gasteiger partial charge in [-0.05, 0) is 42.9 Å². The molecule has 6 heteroatoms. The summed E-state index contributed by atoms with van der Waals surface area (Å²) in [5.41, 5.74) is 0.806. The molecule has 4 nitrogen and oxygen atoms in total. The molecule has 1 aromatic carbocycles. The normalized spacial score (nSPS) is 32.0. The van der Waals surface area contributed by atoms with E-state index in [2.05, 4.69) is 5.32 Å². The van der Waals surface area contributed by atoms with Crippen LogP contribution in [0.1, 0.15) is 43.8 Å². The molecule has 1 aromatic rings. The van der Waals surface area contributed by atoms with Crippen molar-refractivity contribution in [1.29, 1.82) is 0 Å². The van der Waals surface area contributed by atoms with E-state index < -0.39 is 0 Å². The van der Waals surface area contributed by atoms with Gasteiger partial charge in [0.1, 0.15) is 11.9 Å². The lowest BCUT2D eigenvalue weighted by Gasteiger charge is -2.34. The average molecular weight is 369 g/mol. The smallest absolute Gasteiger partial charge is 0.239 e. The van der Waals surface area contributed by atoms with E-state index in [1.54, 1.807) is 6.07 Å². The minimum atomic E-state index is -0.263. The third kappa shape index (κ3) is 3.99. The first-order chi connectivity index (χ1) is 11.7. The van der Waals surface area contributed by atoms with Crippen LogP contribution in [0.3, 0.4) is 0 Å². The summed E-state index contributed by atoms with van der Waals surface area (Å²) in [7, 11) is 0. The Labute approximate surface area is 154 Å². The maximum atomic E-state index is 13.4. The summed E-state index contributed by atoms with van der Waals surface area (Å²) in [4.78, 5) is 14.8. The molecule has 25 heavy (non-hydrogen) atoms. The van der Waals surface area contributed by atoms with Gasteiger partial charge in [-0.15, -0.1) is 12.4 Å². The fourth-order valence-corrected chi connectivity index (χ4v) is 4.49. The molecule has 4 atom stereocenters. The van der Waals surface area contributed by atoms with Crippen molar-refractivity contribution in [2.45, 2.75) is 50.3 Å². The highest BCUT2D eigenvalue weighted by molar-refractivity contribution is 5.85. The summed E-state index contributed by atoms with van der Waals surface area (Å²) in [6, 6.07) is 6.96. The van der Waals surface area contributed by atoms with E-state index in [4.69, 9.17) is 4.74 Å². The molecular formula is C19H26ClFN2O2. The number of morpholine rings is 1. The lowest BCUT2D eigenvalue weighted by Crippen LogP contribution is -2.50. The fraction of sp³-hybridized carbons (Fsp3) is 0.632. The minimum Gasteiger partial charge on any atom is -0.370 e. The Morgan fingerprint density at radius 1 is 1.28 bits per heavy atom. The Morgan fingerprint density at radius 2 is 2.12 bits per heavy atom. The van der Waals surface area contributed by atoms with Gasteiger partial charge in [0.05, 0.1) is 19.2 Å². The van der Waals surface area contributed by atoms with Crippen LogP contribution < -0.4 is 5.32 Å². The molecule has 0 aromatic heterocycles. The molecule has 138 valence electrons. The fourth-order valence-electron chi connectivity index (χ4n) is 4.49. The van der Waals surface area contributed by atoms with Crippen LogP contribution in [0, 0.1) is 11.7 Å². The maximum Gasteiger partial charge on any atom is 0.239 e. The van der Waals surface area contributed by atoms with Crippen molar-refractivity contribution in [3.05, 3.63) is 35.6 Å². The lowest BCUT2D eigenvalue weighted by atomic mass is 9.85. The van der Waals surface area contributed by atoms with Crippen molar-refractivity contribution in [3.8, 4) is 0 Å². The first-order valence-corrected chi connectivity index (χ1v) is 9.12. The van der Waals surface area contributed by atoms with Gasteiger partial charge >= 0.3 is 0 Å². The van der Waals surface area contributed by atoms with E-state index >= 15 is 0 Å². The molecule has 3 fully saturated rings. The zero-order valence-corrected chi connectivity index (χ0v) is 15.1. The predicted molar refractivity (Wildman–Crippen MR) is 96.2 cm³/mol. The number of hydrogen-bond acceptors (Lipinski definition) is 3. The largest absolute Gasteiger partial charge is 0.370 e. The second kappa shape index (κ2) is 8.02. The van der Waals surface area contributed by atoms with Gasteiger partial charge in [0.25, 0.3) is 0 Å². The molecule has 0 radical (unpaired) electrons.